The van der Waals surface area contributed by atoms with Crippen molar-refractivity contribution in [3.05, 3.63) is 84.0 Å². The quantitative estimate of drug-likeness (QED) is 0.642. The van der Waals surface area contributed by atoms with E-state index in [-0.39, 0.29) is 5.78 Å². The number of hydrogen-bond acceptors (Lipinski definition) is 4. The molecular formula is C25H28N4O. The normalized spacial score (nSPS) is 13.9. The number of allylic oxidation sites excluding steroid dienone is 1. The number of rotatable bonds is 7. The summed E-state index contributed by atoms with van der Waals surface area (Å²) >= 11 is 0. The van der Waals surface area contributed by atoms with Crippen LogP contribution < -0.4 is 10.2 Å². The number of carbonyl (C=O) groups excluding carboxylic acids is 1. The number of ketones is 1. The Balaban J connectivity index is 1.39. The van der Waals surface area contributed by atoms with Crippen molar-refractivity contribution in [3.63, 3.8) is 0 Å². The average Bonchev–Trinajstić information content (AvgIpc) is 3.12. The van der Waals surface area contributed by atoms with Gasteiger partial charge in [0.15, 0.2) is 5.78 Å². The number of pyridine rings is 1. The number of anilines is 1. The first-order valence-corrected chi connectivity index (χ1v) is 10.5. The highest BCUT2D eigenvalue weighted by Gasteiger charge is 2.14. The van der Waals surface area contributed by atoms with Gasteiger partial charge in [-0.3, -0.25) is 9.20 Å². The van der Waals surface area contributed by atoms with E-state index in [9.17, 15) is 4.79 Å². The number of nitrogens with zero attached hydrogens (tertiary/aromatic N) is 3. The molecule has 0 bridgehead atoms. The van der Waals surface area contributed by atoms with E-state index in [1.807, 2.05) is 6.20 Å². The van der Waals surface area contributed by atoms with Crippen molar-refractivity contribution in [3.8, 4) is 0 Å². The second-order valence-corrected chi connectivity index (χ2v) is 7.79. The molecule has 1 aliphatic heterocycles. The molecule has 3 aromatic rings. The van der Waals surface area contributed by atoms with Crippen molar-refractivity contribution >= 4 is 22.7 Å². The maximum Gasteiger partial charge on any atom is 0.158 e. The Bertz CT molecular complexity index is 1110. The van der Waals surface area contributed by atoms with Crippen LogP contribution in [0.3, 0.4) is 0 Å². The number of hydrogen-bond donors (Lipinski definition) is 1. The fourth-order valence-corrected chi connectivity index (χ4v) is 3.84. The van der Waals surface area contributed by atoms with E-state index < -0.39 is 0 Å². The standard InChI is InChI=1S/C25H28N4O/c1-4-23-25(29-14-9-18(2)15-24(29)27-23)19(3)16-26-17-20-5-7-21(8-6-20)28-12-10-22(30)11-13-28/h5-10,12,14-15,26H,3-4,11,13,16-17H2,1-2H3. The molecule has 0 spiro atoms. The molecule has 0 unspecified atom stereocenters. The average molecular weight is 401 g/mol. The maximum atomic E-state index is 11.3. The highest BCUT2D eigenvalue weighted by Crippen LogP contribution is 2.22. The second kappa shape index (κ2) is 8.67. The van der Waals surface area contributed by atoms with Crippen LogP contribution in [0.5, 0.6) is 0 Å². The summed E-state index contributed by atoms with van der Waals surface area (Å²) in [6, 6.07) is 12.7. The molecule has 2 aromatic heterocycles. The topological polar surface area (TPSA) is 49.6 Å². The Morgan fingerprint density at radius 1 is 1.23 bits per heavy atom. The lowest BCUT2D eigenvalue weighted by atomic mass is 10.1. The van der Waals surface area contributed by atoms with Crippen LogP contribution in [0.1, 0.15) is 35.9 Å². The molecule has 0 aliphatic carbocycles. The minimum atomic E-state index is 0.194. The molecule has 4 rings (SSSR count). The number of imidazole rings is 1. The van der Waals surface area contributed by atoms with Crippen molar-refractivity contribution in [2.45, 2.75) is 33.2 Å². The lowest BCUT2D eigenvalue weighted by molar-refractivity contribution is -0.114. The summed E-state index contributed by atoms with van der Waals surface area (Å²) in [4.78, 5) is 18.2. The molecule has 1 aromatic carbocycles. The molecule has 30 heavy (non-hydrogen) atoms. The summed E-state index contributed by atoms with van der Waals surface area (Å²) in [5.41, 5.74) is 7.76. The molecule has 5 heteroatoms. The first kappa shape index (κ1) is 20.1. The van der Waals surface area contributed by atoms with Gasteiger partial charge in [0.25, 0.3) is 0 Å². The third kappa shape index (κ3) is 4.21. The minimum absolute atomic E-state index is 0.194. The highest BCUT2D eigenvalue weighted by atomic mass is 16.1. The summed E-state index contributed by atoms with van der Waals surface area (Å²) in [5, 5.41) is 3.51. The molecule has 0 fully saturated rings. The number of aryl methyl sites for hydroxylation is 2. The van der Waals surface area contributed by atoms with Gasteiger partial charge in [-0.15, -0.1) is 0 Å². The van der Waals surface area contributed by atoms with Crippen LogP contribution in [0.4, 0.5) is 5.69 Å². The minimum Gasteiger partial charge on any atom is -0.347 e. The van der Waals surface area contributed by atoms with Gasteiger partial charge in [-0.25, -0.2) is 4.98 Å². The number of aromatic nitrogens is 2. The summed E-state index contributed by atoms with van der Waals surface area (Å²) in [5.74, 6) is 0.194. The van der Waals surface area contributed by atoms with Crippen LogP contribution in [0.25, 0.3) is 11.2 Å². The van der Waals surface area contributed by atoms with Gasteiger partial charge in [0, 0.05) is 44.1 Å². The Kier molecular flexibility index (Phi) is 5.81. The van der Waals surface area contributed by atoms with Gasteiger partial charge >= 0.3 is 0 Å². The monoisotopic (exact) mass is 400 g/mol. The molecule has 1 N–H and O–H groups in total. The summed E-state index contributed by atoms with van der Waals surface area (Å²) in [7, 11) is 0. The SMILES string of the molecule is C=C(CNCc1ccc(N2C=CC(=O)CC2)cc1)c1c(CC)nc2cc(C)ccn12. The first-order chi connectivity index (χ1) is 14.5. The van der Waals surface area contributed by atoms with E-state index in [4.69, 9.17) is 4.98 Å². The van der Waals surface area contributed by atoms with Crippen LogP contribution in [-0.4, -0.2) is 28.3 Å². The molecule has 154 valence electrons. The zero-order valence-corrected chi connectivity index (χ0v) is 17.7. The fourth-order valence-electron chi connectivity index (χ4n) is 3.84. The zero-order chi connectivity index (χ0) is 21.1. The Morgan fingerprint density at radius 2 is 2.03 bits per heavy atom. The summed E-state index contributed by atoms with van der Waals surface area (Å²) < 4.78 is 2.14. The zero-order valence-electron chi connectivity index (χ0n) is 17.7. The van der Waals surface area contributed by atoms with Crippen LogP contribution in [-0.2, 0) is 17.8 Å². The van der Waals surface area contributed by atoms with Gasteiger partial charge in [0.05, 0.1) is 11.4 Å². The maximum absolute atomic E-state index is 11.3. The number of fused-ring (bicyclic) bond motifs is 1. The van der Waals surface area contributed by atoms with E-state index in [0.29, 0.717) is 13.0 Å². The summed E-state index contributed by atoms with van der Waals surface area (Å²) in [6.45, 7) is 10.8. The van der Waals surface area contributed by atoms with Crippen LogP contribution >= 0.6 is 0 Å². The Hall–Kier alpha value is -3.18. The third-order valence-electron chi connectivity index (χ3n) is 5.50. The highest BCUT2D eigenvalue weighted by molar-refractivity contribution is 5.91. The van der Waals surface area contributed by atoms with Gasteiger partial charge in [-0.05, 0) is 60.4 Å². The molecule has 5 nitrogen and oxygen atoms in total. The van der Waals surface area contributed by atoms with E-state index in [0.717, 1.165) is 47.8 Å². The van der Waals surface area contributed by atoms with E-state index in [1.165, 1.54) is 11.1 Å². The molecule has 0 radical (unpaired) electrons. The fraction of sp³-hybridized carbons (Fsp3) is 0.280. The second-order valence-electron chi connectivity index (χ2n) is 7.79. The van der Waals surface area contributed by atoms with Gasteiger partial charge in [-0.2, -0.15) is 0 Å². The van der Waals surface area contributed by atoms with Gasteiger partial charge in [0.2, 0.25) is 0 Å². The van der Waals surface area contributed by atoms with Crippen molar-refractivity contribution in [2.75, 3.05) is 18.0 Å². The van der Waals surface area contributed by atoms with Crippen molar-refractivity contribution < 1.29 is 4.79 Å². The van der Waals surface area contributed by atoms with Crippen LogP contribution in [0, 0.1) is 6.92 Å². The summed E-state index contributed by atoms with van der Waals surface area (Å²) in [6.07, 6.45) is 7.05. The number of nitrogens with one attached hydrogen (secondary N) is 1. The molecule has 0 saturated carbocycles. The van der Waals surface area contributed by atoms with Gasteiger partial charge in [0.1, 0.15) is 5.65 Å². The van der Waals surface area contributed by atoms with Crippen molar-refractivity contribution in [2.24, 2.45) is 0 Å². The number of carbonyl (C=O) groups is 1. The predicted octanol–water partition coefficient (Wildman–Crippen LogP) is 4.30. The van der Waals surface area contributed by atoms with E-state index >= 15 is 0 Å². The largest absolute Gasteiger partial charge is 0.347 e. The van der Waals surface area contributed by atoms with Crippen molar-refractivity contribution in [1.29, 1.82) is 0 Å². The predicted molar refractivity (Wildman–Crippen MR) is 123 cm³/mol. The van der Waals surface area contributed by atoms with E-state index in [1.54, 1.807) is 6.08 Å². The first-order valence-electron chi connectivity index (χ1n) is 10.5. The Labute approximate surface area is 177 Å². The molecular weight excluding hydrogens is 372 g/mol. The Morgan fingerprint density at radius 3 is 2.73 bits per heavy atom. The molecule has 0 saturated heterocycles. The molecule has 0 amide bonds. The van der Waals surface area contributed by atoms with Crippen LogP contribution in [0.15, 0.2) is 61.4 Å². The molecule has 3 heterocycles. The third-order valence-corrected chi connectivity index (χ3v) is 5.50. The van der Waals surface area contributed by atoms with Crippen molar-refractivity contribution in [1.82, 2.24) is 14.7 Å². The van der Waals surface area contributed by atoms with Crippen LogP contribution in [0.2, 0.25) is 0 Å². The van der Waals surface area contributed by atoms with E-state index in [2.05, 4.69) is 77.6 Å². The molecule has 1 aliphatic rings. The number of benzene rings is 1. The van der Waals surface area contributed by atoms with Gasteiger partial charge in [-0.1, -0.05) is 25.6 Å². The lowest BCUT2D eigenvalue weighted by Gasteiger charge is -2.23. The van der Waals surface area contributed by atoms with Gasteiger partial charge < -0.3 is 10.2 Å². The molecule has 0 atom stereocenters. The smallest absolute Gasteiger partial charge is 0.158 e. The lowest BCUT2D eigenvalue weighted by Crippen LogP contribution is -2.24.